The highest BCUT2D eigenvalue weighted by molar-refractivity contribution is 5.76. The average Bonchev–Trinajstić information content (AvgIpc) is 2.97. The molecular weight excluding hydrogens is 252 g/mol. The first-order valence-corrected chi connectivity index (χ1v) is 6.12. The summed E-state index contributed by atoms with van der Waals surface area (Å²) >= 11 is 0. The summed E-state index contributed by atoms with van der Waals surface area (Å²) in [5.74, 6) is -1.08. The molecule has 8 heteroatoms. The van der Waals surface area contributed by atoms with Crippen LogP contribution in [0.2, 0.25) is 0 Å². The lowest BCUT2D eigenvalue weighted by Crippen LogP contribution is -2.26. The monoisotopic (exact) mass is 268 g/mol. The van der Waals surface area contributed by atoms with E-state index in [0.717, 1.165) is 19.4 Å². The number of aliphatic carboxylic acids is 1. The molecule has 2 heterocycles. The minimum atomic E-state index is -0.987. The number of rotatable bonds is 6. The van der Waals surface area contributed by atoms with E-state index in [9.17, 15) is 9.59 Å². The maximum absolute atomic E-state index is 11.6. The van der Waals surface area contributed by atoms with Crippen LogP contribution in [0.5, 0.6) is 0 Å². The second kappa shape index (κ2) is 6.28. The third-order valence-electron chi connectivity index (χ3n) is 2.79. The van der Waals surface area contributed by atoms with Gasteiger partial charge in [-0.3, -0.25) is 9.59 Å². The summed E-state index contributed by atoms with van der Waals surface area (Å²) in [6, 6.07) is 0. The van der Waals surface area contributed by atoms with Crippen molar-refractivity contribution in [2.75, 3.05) is 6.61 Å². The topological polar surface area (TPSA) is 106 Å². The number of nitrogens with zero attached hydrogens (tertiary/aromatic N) is 3. The molecule has 1 fully saturated rings. The van der Waals surface area contributed by atoms with E-state index in [1.54, 1.807) is 0 Å². The van der Waals surface area contributed by atoms with Crippen molar-refractivity contribution in [3.8, 4) is 0 Å². The number of carbonyl (C=O) groups excluding carboxylic acids is 1. The molecule has 104 valence electrons. The number of aromatic nitrogens is 3. The molecule has 0 aromatic carbocycles. The first kappa shape index (κ1) is 13.5. The van der Waals surface area contributed by atoms with Crippen molar-refractivity contribution < 1.29 is 19.4 Å². The molecule has 0 saturated carbocycles. The zero-order chi connectivity index (χ0) is 13.7. The van der Waals surface area contributed by atoms with E-state index >= 15 is 0 Å². The van der Waals surface area contributed by atoms with E-state index in [2.05, 4.69) is 15.6 Å². The molecule has 0 spiro atoms. The van der Waals surface area contributed by atoms with E-state index in [4.69, 9.17) is 9.84 Å². The van der Waals surface area contributed by atoms with Crippen molar-refractivity contribution >= 4 is 11.9 Å². The number of hydrogen-bond donors (Lipinski definition) is 2. The van der Waals surface area contributed by atoms with E-state index in [-0.39, 0.29) is 25.1 Å². The van der Waals surface area contributed by atoms with Crippen LogP contribution in [0.4, 0.5) is 0 Å². The molecule has 2 N–H and O–H groups in total. The molecule has 1 aromatic rings. The first-order valence-electron chi connectivity index (χ1n) is 6.12. The van der Waals surface area contributed by atoms with Gasteiger partial charge < -0.3 is 15.2 Å². The highest BCUT2D eigenvalue weighted by atomic mass is 16.5. The SMILES string of the molecule is O=C(O)Cn1cc(CNC(=O)CC2CCCO2)nn1. The molecule has 1 aromatic heterocycles. The smallest absolute Gasteiger partial charge is 0.325 e. The van der Waals surface area contributed by atoms with Crippen LogP contribution in [-0.4, -0.2) is 44.7 Å². The van der Waals surface area contributed by atoms with Gasteiger partial charge in [-0.2, -0.15) is 0 Å². The molecule has 1 atom stereocenters. The van der Waals surface area contributed by atoms with Gasteiger partial charge in [0.2, 0.25) is 5.91 Å². The van der Waals surface area contributed by atoms with E-state index in [1.807, 2.05) is 0 Å². The van der Waals surface area contributed by atoms with Gasteiger partial charge in [0.05, 0.1) is 25.3 Å². The van der Waals surface area contributed by atoms with Crippen molar-refractivity contribution in [2.45, 2.75) is 38.5 Å². The third-order valence-corrected chi connectivity index (χ3v) is 2.79. The Kier molecular flexibility index (Phi) is 4.45. The van der Waals surface area contributed by atoms with Crippen LogP contribution in [0.3, 0.4) is 0 Å². The van der Waals surface area contributed by atoms with Crippen LogP contribution < -0.4 is 5.32 Å². The highest BCUT2D eigenvalue weighted by Gasteiger charge is 2.18. The molecule has 2 rings (SSSR count). The Morgan fingerprint density at radius 2 is 2.42 bits per heavy atom. The molecule has 1 amide bonds. The Morgan fingerprint density at radius 3 is 3.11 bits per heavy atom. The van der Waals surface area contributed by atoms with Crippen molar-refractivity contribution in [1.29, 1.82) is 0 Å². The standard InChI is InChI=1S/C11H16N4O4/c16-10(4-9-2-1-3-19-9)12-5-8-6-15(14-13-8)7-11(17)18/h6,9H,1-5,7H2,(H,12,16)(H,17,18). The van der Waals surface area contributed by atoms with Crippen LogP contribution in [0, 0.1) is 0 Å². The van der Waals surface area contributed by atoms with Gasteiger partial charge in [-0.05, 0) is 12.8 Å². The lowest BCUT2D eigenvalue weighted by atomic mass is 10.2. The maximum atomic E-state index is 11.6. The average molecular weight is 268 g/mol. The Morgan fingerprint density at radius 1 is 1.58 bits per heavy atom. The Balaban J connectivity index is 1.73. The Bertz CT molecular complexity index is 453. The molecule has 8 nitrogen and oxygen atoms in total. The fourth-order valence-corrected chi connectivity index (χ4v) is 1.91. The van der Waals surface area contributed by atoms with Crippen LogP contribution in [0.25, 0.3) is 0 Å². The van der Waals surface area contributed by atoms with E-state index < -0.39 is 5.97 Å². The van der Waals surface area contributed by atoms with Crippen molar-refractivity contribution in [3.05, 3.63) is 11.9 Å². The Labute approximate surface area is 109 Å². The van der Waals surface area contributed by atoms with Crippen LogP contribution in [-0.2, 0) is 27.4 Å². The summed E-state index contributed by atoms with van der Waals surface area (Å²) < 4.78 is 6.58. The summed E-state index contributed by atoms with van der Waals surface area (Å²) in [5, 5.41) is 18.7. The normalized spacial score (nSPS) is 18.4. The summed E-state index contributed by atoms with van der Waals surface area (Å²) in [5.41, 5.74) is 0.530. The number of hydrogen-bond acceptors (Lipinski definition) is 5. The molecule has 1 saturated heterocycles. The third kappa shape index (κ3) is 4.32. The molecule has 1 aliphatic heterocycles. The van der Waals surface area contributed by atoms with E-state index in [0.29, 0.717) is 12.1 Å². The lowest BCUT2D eigenvalue weighted by Gasteiger charge is -2.08. The van der Waals surface area contributed by atoms with Gasteiger partial charge in [0, 0.05) is 6.61 Å². The largest absolute Gasteiger partial charge is 0.480 e. The number of nitrogens with one attached hydrogen (secondary N) is 1. The molecule has 19 heavy (non-hydrogen) atoms. The fraction of sp³-hybridized carbons (Fsp3) is 0.636. The van der Waals surface area contributed by atoms with Crippen molar-refractivity contribution in [3.63, 3.8) is 0 Å². The number of amides is 1. The predicted molar refractivity (Wildman–Crippen MR) is 63.1 cm³/mol. The summed E-state index contributed by atoms with van der Waals surface area (Å²) in [4.78, 5) is 22.1. The molecule has 0 bridgehead atoms. The van der Waals surface area contributed by atoms with Gasteiger partial charge in [0.1, 0.15) is 12.2 Å². The maximum Gasteiger partial charge on any atom is 0.325 e. The zero-order valence-electron chi connectivity index (χ0n) is 10.4. The molecule has 0 aliphatic carbocycles. The van der Waals surface area contributed by atoms with Gasteiger partial charge in [-0.25, -0.2) is 4.68 Å². The van der Waals surface area contributed by atoms with Crippen LogP contribution in [0.15, 0.2) is 6.20 Å². The van der Waals surface area contributed by atoms with Crippen LogP contribution >= 0.6 is 0 Å². The second-order valence-electron chi connectivity index (χ2n) is 4.42. The minimum absolute atomic E-state index is 0.0164. The zero-order valence-corrected chi connectivity index (χ0v) is 10.4. The van der Waals surface area contributed by atoms with E-state index in [1.165, 1.54) is 10.9 Å². The minimum Gasteiger partial charge on any atom is -0.480 e. The van der Waals surface area contributed by atoms with Gasteiger partial charge in [0.15, 0.2) is 0 Å². The number of carboxylic acid groups (broad SMARTS) is 1. The first-order chi connectivity index (χ1) is 9.13. The lowest BCUT2D eigenvalue weighted by molar-refractivity contribution is -0.138. The summed E-state index contributed by atoms with van der Waals surface area (Å²) in [7, 11) is 0. The molecule has 1 aliphatic rings. The Hall–Kier alpha value is -1.96. The summed E-state index contributed by atoms with van der Waals surface area (Å²) in [6.45, 7) is 0.726. The predicted octanol–water partition coefficient (Wildman–Crippen LogP) is -0.452. The van der Waals surface area contributed by atoms with Gasteiger partial charge >= 0.3 is 5.97 Å². The second-order valence-corrected chi connectivity index (χ2v) is 4.42. The number of carboxylic acids is 1. The molecule has 1 unspecified atom stereocenters. The van der Waals surface area contributed by atoms with Crippen molar-refractivity contribution in [2.24, 2.45) is 0 Å². The highest BCUT2D eigenvalue weighted by Crippen LogP contribution is 2.14. The van der Waals surface area contributed by atoms with Gasteiger partial charge in [0.25, 0.3) is 0 Å². The quantitative estimate of drug-likeness (QED) is 0.723. The molecular formula is C11H16N4O4. The van der Waals surface area contributed by atoms with Crippen LogP contribution in [0.1, 0.15) is 25.0 Å². The summed E-state index contributed by atoms with van der Waals surface area (Å²) in [6.07, 6.45) is 3.79. The number of carbonyl (C=O) groups is 2. The molecule has 0 radical (unpaired) electrons. The fourth-order valence-electron chi connectivity index (χ4n) is 1.91. The van der Waals surface area contributed by atoms with Crippen molar-refractivity contribution in [1.82, 2.24) is 20.3 Å². The van der Waals surface area contributed by atoms with Gasteiger partial charge in [-0.15, -0.1) is 5.10 Å². The number of ether oxygens (including phenoxy) is 1. The van der Waals surface area contributed by atoms with Gasteiger partial charge in [-0.1, -0.05) is 5.21 Å².